The summed E-state index contributed by atoms with van der Waals surface area (Å²) in [6.45, 7) is 1.55. The largest absolute Gasteiger partial charge is 0.396 e. The molecule has 2 saturated heterocycles. The Balaban J connectivity index is 1.59. The Hall–Kier alpha value is -0.120. The van der Waals surface area contributed by atoms with Crippen molar-refractivity contribution in [3.05, 3.63) is 0 Å². The van der Waals surface area contributed by atoms with E-state index in [9.17, 15) is 0 Å². The van der Waals surface area contributed by atoms with Crippen LogP contribution in [0.2, 0.25) is 0 Å². The number of aliphatic hydroxyl groups is 1. The first-order chi connectivity index (χ1) is 8.40. The van der Waals surface area contributed by atoms with Crippen molar-refractivity contribution in [2.75, 3.05) is 13.2 Å². The van der Waals surface area contributed by atoms with E-state index in [0.717, 1.165) is 18.4 Å². The zero-order valence-corrected chi connectivity index (χ0v) is 11.0. The Morgan fingerprint density at radius 1 is 1.00 bits per heavy atom. The molecule has 0 aromatic heterocycles. The van der Waals surface area contributed by atoms with E-state index in [1.807, 2.05) is 0 Å². The Morgan fingerprint density at radius 3 is 2.76 bits per heavy atom. The zero-order valence-electron chi connectivity index (χ0n) is 11.0. The molecule has 0 aliphatic carbocycles. The van der Waals surface area contributed by atoms with Crippen LogP contribution in [0.1, 0.15) is 57.8 Å². The van der Waals surface area contributed by atoms with Gasteiger partial charge in [-0.25, -0.2) is 0 Å². The highest BCUT2D eigenvalue weighted by atomic mass is 16.2. The van der Waals surface area contributed by atoms with Crippen molar-refractivity contribution in [1.82, 2.24) is 10.6 Å². The van der Waals surface area contributed by atoms with Crippen LogP contribution >= 0.6 is 0 Å². The van der Waals surface area contributed by atoms with Crippen LogP contribution in [0, 0.1) is 5.92 Å². The highest BCUT2D eigenvalue weighted by Gasteiger charge is 2.30. The summed E-state index contributed by atoms with van der Waals surface area (Å²) in [4.78, 5) is 0. The second-order valence-corrected chi connectivity index (χ2v) is 5.70. The summed E-state index contributed by atoms with van der Waals surface area (Å²) in [5.74, 6) is 0.884. The van der Waals surface area contributed by atoms with Gasteiger partial charge < -0.3 is 10.4 Å². The molecule has 0 aromatic carbocycles. The van der Waals surface area contributed by atoms with Crippen LogP contribution in [0.4, 0.5) is 0 Å². The van der Waals surface area contributed by atoms with E-state index in [-0.39, 0.29) is 0 Å². The first kappa shape index (κ1) is 13.3. The molecule has 0 saturated carbocycles. The predicted molar refractivity (Wildman–Crippen MR) is 70.8 cm³/mol. The molecule has 2 aliphatic heterocycles. The maximum atomic E-state index is 8.72. The maximum Gasteiger partial charge on any atom is 0.0602 e. The minimum atomic E-state index is 0.357. The molecule has 2 heterocycles. The normalized spacial score (nSPS) is 33.4. The van der Waals surface area contributed by atoms with Crippen LogP contribution in [0.5, 0.6) is 0 Å². The molecule has 2 fully saturated rings. The summed E-state index contributed by atoms with van der Waals surface area (Å²) in [7, 11) is 0. The number of piperidine rings is 2. The highest BCUT2D eigenvalue weighted by molar-refractivity contribution is 4.87. The number of unbranched alkanes of at least 4 members (excludes halogenated alkanes) is 3. The van der Waals surface area contributed by atoms with E-state index in [4.69, 9.17) is 5.11 Å². The van der Waals surface area contributed by atoms with Gasteiger partial charge in [0.05, 0.1) is 6.17 Å². The lowest BCUT2D eigenvalue weighted by Crippen LogP contribution is -2.57. The molecule has 0 radical (unpaired) electrons. The van der Waals surface area contributed by atoms with Crippen LogP contribution in [-0.4, -0.2) is 30.5 Å². The Morgan fingerprint density at radius 2 is 1.88 bits per heavy atom. The molecule has 100 valence electrons. The van der Waals surface area contributed by atoms with Gasteiger partial charge in [0.15, 0.2) is 0 Å². The Kier molecular flexibility index (Phi) is 5.75. The predicted octanol–water partition coefficient (Wildman–Crippen LogP) is 2.01. The van der Waals surface area contributed by atoms with Crippen molar-refractivity contribution in [1.29, 1.82) is 0 Å². The molecular formula is C14H28N2O. The van der Waals surface area contributed by atoms with E-state index >= 15 is 0 Å². The Bertz CT molecular complexity index is 210. The van der Waals surface area contributed by atoms with Gasteiger partial charge in [0, 0.05) is 12.6 Å². The van der Waals surface area contributed by atoms with E-state index in [0.29, 0.717) is 12.8 Å². The minimum Gasteiger partial charge on any atom is -0.396 e. The first-order valence-corrected chi connectivity index (χ1v) is 7.50. The number of aliphatic hydroxyl groups excluding tert-OH is 1. The lowest BCUT2D eigenvalue weighted by atomic mass is 9.84. The number of hydrogen-bond donors (Lipinski definition) is 3. The molecule has 3 heteroatoms. The monoisotopic (exact) mass is 240 g/mol. The van der Waals surface area contributed by atoms with Crippen molar-refractivity contribution in [3.8, 4) is 0 Å². The van der Waals surface area contributed by atoms with Gasteiger partial charge in [0.1, 0.15) is 0 Å². The lowest BCUT2D eigenvalue weighted by Gasteiger charge is -2.41. The van der Waals surface area contributed by atoms with Gasteiger partial charge in [-0.3, -0.25) is 5.32 Å². The van der Waals surface area contributed by atoms with E-state index in [2.05, 4.69) is 10.6 Å². The van der Waals surface area contributed by atoms with Gasteiger partial charge in [0.2, 0.25) is 0 Å². The van der Waals surface area contributed by atoms with E-state index < -0.39 is 0 Å². The second kappa shape index (κ2) is 7.34. The van der Waals surface area contributed by atoms with Crippen LogP contribution in [0.3, 0.4) is 0 Å². The van der Waals surface area contributed by atoms with Crippen molar-refractivity contribution in [2.45, 2.75) is 70.0 Å². The zero-order chi connectivity index (χ0) is 11.9. The van der Waals surface area contributed by atoms with Crippen molar-refractivity contribution >= 4 is 0 Å². The quantitative estimate of drug-likeness (QED) is 0.622. The van der Waals surface area contributed by atoms with Crippen molar-refractivity contribution in [3.63, 3.8) is 0 Å². The standard InChI is InChI=1S/C14H28N2O/c17-11-4-2-1-3-7-13-9-8-12-6-5-10-15-14(12)16-13/h12-17H,1-11H2/t12?,13-,14?/m1/s1. The molecule has 3 nitrogen and oxygen atoms in total. The molecule has 2 aliphatic rings. The van der Waals surface area contributed by atoms with Crippen LogP contribution in [0.15, 0.2) is 0 Å². The average molecular weight is 240 g/mol. The first-order valence-electron chi connectivity index (χ1n) is 7.50. The van der Waals surface area contributed by atoms with Crippen LogP contribution in [0.25, 0.3) is 0 Å². The van der Waals surface area contributed by atoms with Crippen molar-refractivity contribution in [2.24, 2.45) is 5.92 Å². The summed E-state index contributed by atoms with van der Waals surface area (Å²) >= 11 is 0. The highest BCUT2D eigenvalue weighted by Crippen LogP contribution is 2.27. The van der Waals surface area contributed by atoms with Gasteiger partial charge in [-0.1, -0.05) is 19.3 Å². The molecule has 0 spiro atoms. The summed E-state index contributed by atoms with van der Waals surface area (Å²) in [5.41, 5.74) is 0. The van der Waals surface area contributed by atoms with Gasteiger partial charge in [-0.2, -0.15) is 0 Å². The average Bonchev–Trinajstić information content (AvgIpc) is 2.38. The molecule has 3 N–H and O–H groups in total. The molecule has 3 atom stereocenters. The Labute approximate surface area is 105 Å². The fraction of sp³-hybridized carbons (Fsp3) is 1.00. The molecule has 0 bridgehead atoms. The van der Waals surface area contributed by atoms with Crippen LogP contribution in [-0.2, 0) is 0 Å². The van der Waals surface area contributed by atoms with Crippen LogP contribution < -0.4 is 10.6 Å². The minimum absolute atomic E-state index is 0.357. The van der Waals surface area contributed by atoms with Gasteiger partial charge >= 0.3 is 0 Å². The summed E-state index contributed by atoms with van der Waals surface area (Å²) in [5, 5.41) is 16.1. The van der Waals surface area contributed by atoms with Gasteiger partial charge in [0.25, 0.3) is 0 Å². The fourth-order valence-corrected chi connectivity index (χ4v) is 3.30. The third kappa shape index (κ3) is 4.23. The smallest absolute Gasteiger partial charge is 0.0602 e. The number of fused-ring (bicyclic) bond motifs is 1. The topological polar surface area (TPSA) is 44.3 Å². The summed E-state index contributed by atoms with van der Waals surface area (Å²) in [6.07, 6.45) is 12.2. The van der Waals surface area contributed by atoms with E-state index in [1.54, 1.807) is 0 Å². The molecule has 2 rings (SSSR count). The third-order valence-corrected chi connectivity index (χ3v) is 4.35. The summed E-state index contributed by atoms with van der Waals surface area (Å²) in [6, 6.07) is 0.732. The number of nitrogens with one attached hydrogen (secondary N) is 2. The third-order valence-electron chi connectivity index (χ3n) is 4.35. The second-order valence-electron chi connectivity index (χ2n) is 5.70. The maximum absolute atomic E-state index is 8.72. The molecule has 0 amide bonds. The molecule has 0 aromatic rings. The van der Waals surface area contributed by atoms with E-state index in [1.165, 1.54) is 57.9 Å². The van der Waals surface area contributed by atoms with Gasteiger partial charge in [-0.15, -0.1) is 0 Å². The van der Waals surface area contributed by atoms with Gasteiger partial charge in [-0.05, 0) is 51.0 Å². The fourth-order valence-electron chi connectivity index (χ4n) is 3.30. The lowest BCUT2D eigenvalue weighted by molar-refractivity contribution is 0.153. The number of rotatable bonds is 6. The van der Waals surface area contributed by atoms with Crippen molar-refractivity contribution < 1.29 is 5.11 Å². The molecule has 17 heavy (non-hydrogen) atoms. The summed E-state index contributed by atoms with van der Waals surface area (Å²) < 4.78 is 0. The number of hydrogen-bond acceptors (Lipinski definition) is 3. The SMILES string of the molecule is OCCCCCC[C@@H]1CCC2CCCNC2N1. The molecule has 2 unspecified atom stereocenters. The molecular weight excluding hydrogens is 212 g/mol.